The molecule has 1 N–H and O–H groups in total. The first-order valence-electron chi connectivity index (χ1n) is 5.55. The van der Waals surface area contributed by atoms with E-state index in [1.54, 1.807) is 18.4 Å². The van der Waals surface area contributed by atoms with Crippen LogP contribution in [0.2, 0.25) is 0 Å². The Kier molecular flexibility index (Phi) is 5.25. The van der Waals surface area contributed by atoms with Crippen molar-refractivity contribution in [3.63, 3.8) is 0 Å². The van der Waals surface area contributed by atoms with E-state index < -0.39 is 0 Å². The van der Waals surface area contributed by atoms with Crippen LogP contribution in [0.25, 0.3) is 0 Å². The van der Waals surface area contributed by atoms with Gasteiger partial charge in [-0.05, 0) is 12.8 Å². The predicted molar refractivity (Wildman–Crippen MR) is 57.1 cm³/mol. The summed E-state index contributed by atoms with van der Waals surface area (Å²) in [5.41, 5.74) is 0. The molecular weight excluding hydrogens is 210 g/mol. The number of likely N-dealkylation sites (tertiary alicyclic amines) is 1. The molecule has 1 unspecified atom stereocenters. The molecule has 1 saturated heterocycles. The fraction of sp³-hybridized carbons (Fsp3) is 0.727. The lowest BCUT2D eigenvalue weighted by atomic mass is 10.1. The lowest BCUT2D eigenvalue weighted by Crippen LogP contribution is -2.25. The lowest BCUT2D eigenvalue weighted by molar-refractivity contribution is -0.149. The average Bonchev–Trinajstić information content (AvgIpc) is 2.68. The zero-order chi connectivity index (χ0) is 12.0. The summed E-state index contributed by atoms with van der Waals surface area (Å²) in [5, 5.41) is 8.50. The number of carbonyl (C=O) groups excluding carboxylic acids is 2. The van der Waals surface area contributed by atoms with E-state index in [1.165, 1.54) is 0 Å². The first-order chi connectivity index (χ1) is 7.65. The van der Waals surface area contributed by atoms with Crippen LogP contribution in [0.5, 0.6) is 0 Å². The maximum Gasteiger partial charge on any atom is 0.308 e. The van der Waals surface area contributed by atoms with Crippen LogP contribution >= 0.6 is 0 Å². The smallest absolute Gasteiger partial charge is 0.308 e. The molecule has 0 aromatic heterocycles. The fourth-order valence-electron chi connectivity index (χ4n) is 1.53. The number of hydrogen-bond acceptors (Lipinski definition) is 4. The molecule has 0 bridgehead atoms. The number of rotatable bonds is 6. The highest BCUT2D eigenvalue weighted by atomic mass is 16.5. The number of aliphatic hydroxyl groups is 1. The van der Waals surface area contributed by atoms with Gasteiger partial charge >= 0.3 is 5.97 Å². The van der Waals surface area contributed by atoms with Crippen molar-refractivity contribution >= 4 is 11.9 Å². The van der Waals surface area contributed by atoms with Gasteiger partial charge in [-0.3, -0.25) is 9.59 Å². The molecule has 1 fully saturated rings. The van der Waals surface area contributed by atoms with Crippen molar-refractivity contribution < 1.29 is 19.4 Å². The summed E-state index contributed by atoms with van der Waals surface area (Å²) in [4.78, 5) is 24.3. The van der Waals surface area contributed by atoms with Crippen LogP contribution in [0, 0.1) is 12.5 Å². The van der Waals surface area contributed by atoms with Gasteiger partial charge in [-0.1, -0.05) is 6.92 Å². The standard InChI is InChI=1S/C11H18NO4/c1-9(11(15)16-8-7-13)4-6-12-5-2-3-10(12)14/h6,9,13H,2-5,7-8H2,1H3. The number of carbonyl (C=O) groups is 2. The zero-order valence-electron chi connectivity index (χ0n) is 9.52. The lowest BCUT2D eigenvalue weighted by Gasteiger charge is -2.17. The van der Waals surface area contributed by atoms with Crippen LogP contribution in [0.15, 0.2) is 0 Å². The second-order valence-corrected chi connectivity index (χ2v) is 3.90. The molecule has 0 saturated carbocycles. The van der Waals surface area contributed by atoms with Crippen LogP contribution in [0.3, 0.4) is 0 Å². The van der Waals surface area contributed by atoms with Gasteiger partial charge in [-0.25, -0.2) is 0 Å². The second kappa shape index (κ2) is 6.48. The molecule has 1 atom stereocenters. The Morgan fingerprint density at radius 2 is 2.44 bits per heavy atom. The minimum atomic E-state index is -0.336. The minimum Gasteiger partial charge on any atom is -0.463 e. The predicted octanol–water partition coefficient (Wildman–Crippen LogP) is 0.332. The first-order valence-corrected chi connectivity index (χ1v) is 5.55. The van der Waals surface area contributed by atoms with Gasteiger partial charge in [0.1, 0.15) is 6.61 Å². The highest BCUT2D eigenvalue weighted by Crippen LogP contribution is 2.16. The summed E-state index contributed by atoms with van der Waals surface area (Å²) in [6.07, 6.45) is 1.98. The third-order valence-electron chi connectivity index (χ3n) is 2.53. The molecule has 1 aliphatic rings. The molecule has 0 aromatic rings. The molecule has 1 rings (SSSR count). The van der Waals surface area contributed by atoms with Crippen LogP contribution in [-0.4, -0.2) is 41.6 Å². The summed E-state index contributed by atoms with van der Waals surface area (Å²) < 4.78 is 4.78. The Morgan fingerprint density at radius 1 is 1.69 bits per heavy atom. The third kappa shape index (κ3) is 3.81. The molecule has 0 aromatic carbocycles. The molecule has 1 radical (unpaired) electrons. The summed E-state index contributed by atoms with van der Waals surface area (Å²) in [5.74, 6) is -0.493. The van der Waals surface area contributed by atoms with Crippen molar-refractivity contribution in [3.8, 4) is 0 Å². The van der Waals surface area contributed by atoms with E-state index in [4.69, 9.17) is 9.84 Å². The van der Waals surface area contributed by atoms with Gasteiger partial charge in [0, 0.05) is 13.0 Å². The minimum absolute atomic E-state index is 0.0335. The summed E-state index contributed by atoms with van der Waals surface area (Å²) in [6.45, 7) is 4.13. The van der Waals surface area contributed by atoms with Crippen LogP contribution < -0.4 is 0 Å². The molecule has 5 nitrogen and oxygen atoms in total. The topological polar surface area (TPSA) is 66.8 Å². The Hall–Kier alpha value is -1.10. The third-order valence-corrected chi connectivity index (χ3v) is 2.53. The van der Waals surface area contributed by atoms with Crippen LogP contribution in [0.4, 0.5) is 0 Å². The van der Waals surface area contributed by atoms with Crippen molar-refractivity contribution in [2.24, 2.45) is 5.92 Å². The van der Waals surface area contributed by atoms with Gasteiger partial charge in [-0.15, -0.1) is 0 Å². The van der Waals surface area contributed by atoms with E-state index in [9.17, 15) is 9.59 Å². The Bertz CT molecular complexity index is 254. The number of aliphatic hydroxyl groups excluding tert-OH is 1. The summed E-state index contributed by atoms with van der Waals surface area (Å²) in [7, 11) is 0. The van der Waals surface area contributed by atoms with Gasteiger partial charge in [0.25, 0.3) is 0 Å². The van der Waals surface area contributed by atoms with Gasteiger partial charge in [0.05, 0.1) is 19.1 Å². The van der Waals surface area contributed by atoms with Gasteiger partial charge in [-0.2, -0.15) is 0 Å². The molecule has 1 aliphatic heterocycles. The van der Waals surface area contributed by atoms with E-state index in [-0.39, 0.29) is 31.0 Å². The number of hydrogen-bond donors (Lipinski definition) is 1. The molecule has 0 aliphatic carbocycles. The normalized spacial score (nSPS) is 17.6. The van der Waals surface area contributed by atoms with Crippen LogP contribution in [0.1, 0.15) is 26.2 Å². The summed E-state index contributed by atoms with van der Waals surface area (Å²) in [6, 6.07) is 0. The average molecular weight is 228 g/mol. The van der Waals surface area contributed by atoms with Crippen molar-refractivity contribution in [1.29, 1.82) is 0 Å². The molecular formula is C11H18NO4. The monoisotopic (exact) mass is 228 g/mol. The van der Waals surface area contributed by atoms with Gasteiger partial charge in [0.15, 0.2) is 0 Å². The zero-order valence-corrected chi connectivity index (χ0v) is 9.52. The second-order valence-electron chi connectivity index (χ2n) is 3.90. The largest absolute Gasteiger partial charge is 0.463 e. The molecule has 0 spiro atoms. The van der Waals surface area contributed by atoms with Crippen molar-refractivity contribution in [1.82, 2.24) is 4.90 Å². The molecule has 1 heterocycles. The van der Waals surface area contributed by atoms with Crippen molar-refractivity contribution in [2.45, 2.75) is 26.2 Å². The van der Waals surface area contributed by atoms with Crippen molar-refractivity contribution in [3.05, 3.63) is 6.54 Å². The summed E-state index contributed by atoms with van der Waals surface area (Å²) >= 11 is 0. The fourth-order valence-corrected chi connectivity index (χ4v) is 1.53. The van der Waals surface area contributed by atoms with Crippen molar-refractivity contribution in [2.75, 3.05) is 19.8 Å². The van der Waals surface area contributed by atoms with E-state index in [0.717, 1.165) is 13.0 Å². The van der Waals surface area contributed by atoms with Gasteiger partial charge < -0.3 is 14.7 Å². The highest BCUT2D eigenvalue weighted by molar-refractivity contribution is 5.79. The number of amides is 1. The van der Waals surface area contributed by atoms with E-state index in [1.807, 2.05) is 0 Å². The molecule has 5 heteroatoms. The Labute approximate surface area is 95.4 Å². The van der Waals surface area contributed by atoms with E-state index in [2.05, 4.69) is 0 Å². The molecule has 1 amide bonds. The van der Waals surface area contributed by atoms with Gasteiger partial charge in [0.2, 0.25) is 5.91 Å². The maximum atomic E-state index is 11.3. The number of esters is 1. The Balaban J connectivity index is 2.20. The molecule has 16 heavy (non-hydrogen) atoms. The molecule has 91 valence electrons. The van der Waals surface area contributed by atoms with E-state index in [0.29, 0.717) is 12.8 Å². The Morgan fingerprint density at radius 3 is 3.00 bits per heavy atom. The SMILES string of the molecule is CC(C[CH]N1CCCC1=O)C(=O)OCCO. The first kappa shape index (κ1) is 13.0. The van der Waals surface area contributed by atoms with Crippen LogP contribution in [-0.2, 0) is 14.3 Å². The van der Waals surface area contributed by atoms with E-state index >= 15 is 0 Å². The maximum absolute atomic E-state index is 11.3. The highest BCUT2D eigenvalue weighted by Gasteiger charge is 2.22. The quantitative estimate of drug-likeness (QED) is 0.665. The number of nitrogens with zero attached hydrogens (tertiary/aromatic N) is 1. The number of ether oxygens (including phenoxy) is 1.